The fourth-order valence-electron chi connectivity index (χ4n) is 3.65. The Morgan fingerprint density at radius 3 is 3.04 bits per heavy atom. The number of nitrogens with zero attached hydrogens (tertiary/aromatic N) is 2. The number of hydrogen-bond acceptors (Lipinski definition) is 5. The molecule has 1 fully saturated rings. The van der Waals surface area contributed by atoms with Gasteiger partial charge in [0.1, 0.15) is 11.6 Å². The van der Waals surface area contributed by atoms with Gasteiger partial charge in [-0.2, -0.15) is 0 Å². The van der Waals surface area contributed by atoms with Gasteiger partial charge in [0.15, 0.2) is 5.65 Å². The van der Waals surface area contributed by atoms with Crippen molar-refractivity contribution in [3.8, 4) is 0 Å². The number of anilines is 1. The summed E-state index contributed by atoms with van der Waals surface area (Å²) in [5.41, 5.74) is 6.99. The van der Waals surface area contributed by atoms with E-state index in [0.717, 1.165) is 30.8 Å². The van der Waals surface area contributed by atoms with E-state index in [0.29, 0.717) is 34.2 Å². The molecular weight excluding hydrogens is 338 g/mol. The molecule has 0 aliphatic carbocycles. The lowest BCUT2D eigenvalue weighted by atomic mass is 9.83. The van der Waals surface area contributed by atoms with Crippen molar-refractivity contribution in [3.63, 3.8) is 0 Å². The zero-order valence-electron chi connectivity index (χ0n) is 14.8. The molecule has 0 radical (unpaired) electrons. The van der Waals surface area contributed by atoms with Crippen molar-refractivity contribution < 1.29 is 4.74 Å². The van der Waals surface area contributed by atoms with E-state index in [1.807, 2.05) is 12.1 Å². The average Bonchev–Trinajstić information content (AvgIpc) is 3.15. The number of pyridine rings is 1. The second-order valence-electron chi connectivity index (χ2n) is 6.72. The number of hydrogen-bond donors (Lipinski definition) is 3. The lowest BCUT2D eigenvalue weighted by Crippen LogP contribution is -2.28. The molecule has 2 aromatic rings. The van der Waals surface area contributed by atoms with E-state index in [-0.39, 0.29) is 12.8 Å². The zero-order valence-corrected chi connectivity index (χ0v) is 15.5. The zero-order chi connectivity index (χ0) is 18.0. The molecule has 0 spiro atoms. The third kappa shape index (κ3) is 3.66. The molecule has 25 heavy (non-hydrogen) atoms. The summed E-state index contributed by atoms with van der Waals surface area (Å²) < 4.78 is 6.06. The van der Waals surface area contributed by atoms with Gasteiger partial charge in [0.05, 0.1) is 29.9 Å². The fourth-order valence-corrected chi connectivity index (χ4v) is 3.87. The van der Waals surface area contributed by atoms with Crippen molar-refractivity contribution in [1.29, 1.82) is 0 Å². The molecule has 1 aliphatic heterocycles. The Kier molecular flexibility index (Phi) is 5.61. The minimum Gasteiger partial charge on any atom is -0.377 e. The maximum Gasteiger partial charge on any atom is 0.179 e. The van der Waals surface area contributed by atoms with Crippen LogP contribution in [0, 0.1) is 17.8 Å². The van der Waals surface area contributed by atoms with Crippen LogP contribution in [0.15, 0.2) is 18.7 Å². The van der Waals surface area contributed by atoms with E-state index < -0.39 is 0 Å². The first-order valence-corrected chi connectivity index (χ1v) is 9.18. The van der Waals surface area contributed by atoms with Gasteiger partial charge in [-0.05, 0) is 17.9 Å². The van der Waals surface area contributed by atoms with Gasteiger partial charge < -0.3 is 20.8 Å². The number of fused-ring (bicyclic) bond motifs is 1. The van der Waals surface area contributed by atoms with Gasteiger partial charge in [0.25, 0.3) is 0 Å². The average molecular weight is 364 g/mol. The van der Waals surface area contributed by atoms with Crippen LogP contribution >= 0.6 is 11.6 Å². The van der Waals surface area contributed by atoms with Crippen LogP contribution in [0.3, 0.4) is 0 Å². The molecule has 0 bridgehead atoms. The van der Waals surface area contributed by atoms with Gasteiger partial charge in [-0.1, -0.05) is 37.9 Å². The molecule has 1 aliphatic rings. The van der Waals surface area contributed by atoms with E-state index in [1.54, 1.807) is 0 Å². The summed E-state index contributed by atoms with van der Waals surface area (Å²) in [4.78, 5) is 12.4. The van der Waals surface area contributed by atoms with Crippen molar-refractivity contribution in [2.24, 2.45) is 23.5 Å². The van der Waals surface area contributed by atoms with Crippen LogP contribution < -0.4 is 11.1 Å². The third-order valence-corrected chi connectivity index (χ3v) is 5.34. The van der Waals surface area contributed by atoms with Crippen molar-refractivity contribution in [2.45, 2.75) is 32.8 Å². The Hall–Kier alpha value is -1.63. The quantitative estimate of drug-likeness (QED) is 0.518. The molecule has 7 heteroatoms. The van der Waals surface area contributed by atoms with Crippen LogP contribution in [-0.2, 0) is 11.2 Å². The van der Waals surface area contributed by atoms with Crippen LogP contribution in [0.1, 0.15) is 26.1 Å². The molecule has 1 saturated heterocycles. The van der Waals surface area contributed by atoms with Crippen molar-refractivity contribution >= 4 is 28.6 Å². The number of halogens is 1. The van der Waals surface area contributed by atoms with Crippen molar-refractivity contribution in [2.75, 3.05) is 18.6 Å². The van der Waals surface area contributed by atoms with Gasteiger partial charge in [-0.3, -0.25) is 0 Å². The molecule has 2 unspecified atom stereocenters. The highest BCUT2D eigenvalue weighted by atomic mass is 35.5. The van der Waals surface area contributed by atoms with Crippen molar-refractivity contribution in [3.05, 3.63) is 29.6 Å². The smallest absolute Gasteiger partial charge is 0.179 e. The lowest BCUT2D eigenvalue weighted by molar-refractivity contribution is 0.0473. The highest BCUT2D eigenvalue weighted by Gasteiger charge is 2.37. The molecule has 3 heterocycles. The van der Waals surface area contributed by atoms with Gasteiger partial charge in [0, 0.05) is 12.3 Å². The first-order chi connectivity index (χ1) is 12.1. The van der Waals surface area contributed by atoms with Crippen LogP contribution in [0.5, 0.6) is 0 Å². The highest BCUT2D eigenvalue weighted by Crippen LogP contribution is 2.35. The first kappa shape index (κ1) is 18.2. The van der Waals surface area contributed by atoms with E-state index in [9.17, 15) is 0 Å². The molecule has 136 valence electrons. The molecule has 0 aromatic carbocycles. The molecule has 3 rings (SSSR count). The summed E-state index contributed by atoms with van der Waals surface area (Å²) in [5.74, 6) is 2.74. The number of H-pyrrole nitrogens is 1. The topological polar surface area (TPSA) is 88.8 Å². The van der Waals surface area contributed by atoms with E-state index in [2.05, 4.69) is 40.7 Å². The number of aromatic amines is 1. The van der Waals surface area contributed by atoms with Gasteiger partial charge in [-0.15, -0.1) is 6.58 Å². The Morgan fingerprint density at radius 2 is 2.36 bits per heavy atom. The standard InChI is InChI=1S/C18H26ClN5O/c1-4-11(16-12(5-2)10(3)8-25-16)6-15-22-14-7-13(19)17(21-9-20)24-18(14)23-15/h5,7,10-12,16H,2,4,6,8-9,20H2,1,3H3,(H2,21,22,23,24)/t10?,11?,12-,16-/m1/s1. The number of aromatic nitrogens is 3. The van der Waals surface area contributed by atoms with Crippen LogP contribution in [-0.4, -0.2) is 34.3 Å². The summed E-state index contributed by atoms with van der Waals surface area (Å²) in [6.07, 6.45) is 4.06. The van der Waals surface area contributed by atoms with Gasteiger partial charge in [-0.25, -0.2) is 9.97 Å². The number of ether oxygens (including phenoxy) is 1. The minimum atomic E-state index is 0.191. The molecule has 0 amide bonds. The second-order valence-corrected chi connectivity index (χ2v) is 7.12. The molecular formula is C18H26ClN5O. The minimum absolute atomic E-state index is 0.191. The van der Waals surface area contributed by atoms with Crippen molar-refractivity contribution in [1.82, 2.24) is 15.0 Å². The Morgan fingerprint density at radius 1 is 1.56 bits per heavy atom. The molecule has 2 aromatic heterocycles. The summed E-state index contributed by atoms with van der Waals surface area (Å²) in [5, 5.41) is 3.47. The largest absolute Gasteiger partial charge is 0.377 e. The number of imidazole rings is 1. The van der Waals surface area contributed by atoms with E-state index in [4.69, 9.17) is 22.1 Å². The van der Waals surface area contributed by atoms with E-state index in [1.165, 1.54) is 0 Å². The highest BCUT2D eigenvalue weighted by molar-refractivity contribution is 6.33. The van der Waals surface area contributed by atoms with Gasteiger partial charge >= 0.3 is 0 Å². The predicted molar refractivity (Wildman–Crippen MR) is 102 cm³/mol. The maximum atomic E-state index is 6.22. The SMILES string of the molecule is C=C[C@@H]1C(C)CO[C@@H]1C(CC)Cc1nc2nc(NCN)c(Cl)cc2[nH]1. The maximum absolute atomic E-state index is 6.22. The Balaban J connectivity index is 1.82. The number of nitrogens with two attached hydrogens (primary N) is 1. The summed E-state index contributed by atoms with van der Waals surface area (Å²) >= 11 is 6.22. The van der Waals surface area contributed by atoms with Crippen LogP contribution in [0.25, 0.3) is 11.2 Å². The first-order valence-electron chi connectivity index (χ1n) is 8.80. The lowest BCUT2D eigenvalue weighted by Gasteiger charge is -2.25. The number of nitrogens with one attached hydrogen (secondary N) is 2. The normalized spacial score (nSPS) is 24.6. The van der Waals surface area contributed by atoms with Crippen LogP contribution in [0.4, 0.5) is 5.82 Å². The summed E-state index contributed by atoms with van der Waals surface area (Å²) in [6, 6.07) is 1.83. The summed E-state index contributed by atoms with van der Waals surface area (Å²) in [6.45, 7) is 9.47. The van der Waals surface area contributed by atoms with Crippen LogP contribution in [0.2, 0.25) is 5.02 Å². The monoisotopic (exact) mass is 363 g/mol. The Labute approximate surface area is 153 Å². The molecule has 4 N–H and O–H groups in total. The molecule has 4 atom stereocenters. The summed E-state index contributed by atoms with van der Waals surface area (Å²) in [7, 11) is 0. The van der Waals surface area contributed by atoms with Gasteiger partial charge in [0.2, 0.25) is 0 Å². The van der Waals surface area contributed by atoms with E-state index >= 15 is 0 Å². The molecule has 6 nitrogen and oxygen atoms in total. The Bertz CT molecular complexity index is 746. The fraction of sp³-hybridized carbons (Fsp3) is 0.556. The molecule has 0 saturated carbocycles. The third-order valence-electron chi connectivity index (χ3n) is 5.05. The predicted octanol–water partition coefficient (Wildman–Crippen LogP) is 3.35. The second kappa shape index (κ2) is 7.72. The number of rotatable bonds is 7.